The van der Waals surface area contributed by atoms with E-state index in [4.69, 9.17) is 33.2 Å². The summed E-state index contributed by atoms with van der Waals surface area (Å²) < 4.78 is 39.4. The van der Waals surface area contributed by atoms with E-state index in [1.54, 1.807) is 23.7 Å². The third-order valence-corrected chi connectivity index (χ3v) is 12.6. The molecule has 0 bridgehead atoms. The lowest BCUT2D eigenvalue weighted by molar-refractivity contribution is -0.144. The van der Waals surface area contributed by atoms with Crippen LogP contribution in [0.5, 0.6) is 5.75 Å². The van der Waals surface area contributed by atoms with E-state index in [0.717, 1.165) is 49.5 Å². The van der Waals surface area contributed by atoms with Gasteiger partial charge in [-0.05, 0) is 60.9 Å². The molecule has 2 aromatic carbocycles. The molecule has 1 saturated heterocycles. The molecule has 6 rings (SSSR count). The number of carbonyl (C=O) groups is 3. The monoisotopic (exact) mass is 999 g/mol. The Labute approximate surface area is 420 Å². The van der Waals surface area contributed by atoms with E-state index in [1.807, 2.05) is 102 Å². The van der Waals surface area contributed by atoms with Crippen LogP contribution in [0.4, 0.5) is 11.5 Å². The highest BCUT2D eigenvalue weighted by atomic mass is 32.1. The molecule has 1 fully saturated rings. The number of likely N-dealkylation sites (tertiary alicyclic amines) is 1. The number of nitrogens with zero attached hydrogens (tertiary/aromatic N) is 4. The molecule has 5 aromatic rings. The second kappa shape index (κ2) is 27.8. The Morgan fingerprint density at radius 3 is 2.03 bits per heavy atom. The average Bonchev–Trinajstić information content (AvgIpc) is 3.97. The van der Waals surface area contributed by atoms with Crippen molar-refractivity contribution >= 4 is 51.3 Å². The van der Waals surface area contributed by atoms with Crippen LogP contribution >= 0.6 is 11.3 Å². The molecule has 3 amide bonds. The summed E-state index contributed by atoms with van der Waals surface area (Å²) in [5.74, 6) is 0.125. The van der Waals surface area contributed by atoms with Crippen molar-refractivity contribution in [2.24, 2.45) is 5.41 Å². The zero-order valence-electron chi connectivity index (χ0n) is 41.6. The number of aromatic nitrogens is 3. The van der Waals surface area contributed by atoms with E-state index in [-0.39, 0.29) is 44.7 Å². The minimum atomic E-state index is -0.968. The Bertz CT molecular complexity index is 2450. The Morgan fingerprint density at radius 2 is 1.41 bits per heavy atom. The lowest BCUT2D eigenvalue weighted by Crippen LogP contribution is -2.58. The smallest absolute Gasteiger partial charge is 0.246 e. The summed E-state index contributed by atoms with van der Waals surface area (Å²) in [4.78, 5) is 56.0. The number of nitrogens with one attached hydrogen (secondary N) is 3. The van der Waals surface area contributed by atoms with Crippen LogP contribution < -0.4 is 20.7 Å². The van der Waals surface area contributed by atoms with Gasteiger partial charge in [0.15, 0.2) is 0 Å². The van der Waals surface area contributed by atoms with Gasteiger partial charge in [0.2, 0.25) is 17.7 Å². The van der Waals surface area contributed by atoms with Crippen molar-refractivity contribution in [2.75, 3.05) is 97.8 Å². The number of β-amino-alcohol motifs (C(OH)–C–C–N with tert-alkyl or cyclic N) is 1. The highest BCUT2D eigenvalue weighted by Gasteiger charge is 2.44. The minimum absolute atomic E-state index is 0.0201. The topological polar surface area (TPSA) is 214 Å². The SMILES string of the molecule is Cc1cnc(Nc2ccc3cnccc3c2)cc1OCCOCCOCCOCCOCCOCCOCC(=O)NC(C(=O)N1C[C@H](O)C[C@H]1C(=O)NC(C)c1ccc(-c2scnc2C)cc1)C(C)(C)C. The molecule has 1 aliphatic rings. The number of pyridine rings is 2. The number of rotatable bonds is 29. The van der Waals surface area contributed by atoms with Gasteiger partial charge >= 0.3 is 0 Å². The predicted molar refractivity (Wildman–Crippen MR) is 271 cm³/mol. The quantitative estimate of drug-likeness (QED) is 0.0407. The number of carbonyl (C=O) groups excluding carboxylic acids is 3. The number of fused-ring (bicyclic) bond motifs is 1. The number of aliphatic hydroxyl groups is 1. The maximum atomic E-state index is 14.0. The van der Waals surface area contributed by atoms with Gasteiger partial charge in [-0.3, -0.25) is 19.4 Å². The molecule has 3 aromatic heterocycles. The first-order valence-electron chi connectivity index (χ1n) is 24.0. The summed E-state index contributed by atoms with van der Waals surface area (Å²) in [5, 5.41) is 21.9. The van der Waals surface area contributed by atoms with Crippen LogP contribution in [-0.2, 0) is 42.8 Å². The van der Waals surface area contributed by atoms with Crippen LogP contribution in [0.15, 0.2) is 78.7 Å². The maximum Gasteiger partial charge on any atom is 0.246 e. The van der Waals surface area contributed by atoms with Crippen molar-refractivity contribution in [3.05, 3.63) is 95.5 Å². The number of hydrogen-bond donors (Lipinski definition) is 4. The van der Waals surface area contributed by atoms with Crippen molar-refractivity contribution in [1.29, 1.82) is 0 Å². The van der Waals surface area contributed by atoms with Crippen LogP contribution in [0, 0.1) is 19.3 Å². The fraction of sp³-hybridized carbons (Fsp3) is 0.500. The number of anilines is 2. The van der Waals surface area contributed by atoms with Gasteiger partial charge in [0.1, 0.15) is 36.9 Å². The second-order valence-electron chi connectivity index (χ2n) is 18.2. The molecule has 18 nitrogen and oxygen atoms in total. The van der Waals surface area contributed by atoms with Gasteiger partial charge < -0.3 is 59.1 Å². The molecule has 4 heterocycles. The normalized spacial score (nSPS) is 15.7. The number of ether oxygens (including phenoxy) is 7. The van der Waals surface area contributed by atoms with E-state index in [1.165, 1.54) is 4.90 Å². The Morgan fingerprint density at radius 1 is 0.775 bits per heavy atom. The largest absolute Gasteiger partial charge is 0.491 e. The molecule has 1 aliphatic heterocycles. The molecular formula is C52H69N7O11S. The van der Waals surface area contributed by atoms with Gasteiger partial charge in [0.25, 0.3) is 0 Å². The highest BCUT2D eigenvalue weighted by molar-refractivity contribution is 7.13. The molecule has 0 saturated carbocycles. The van der Waals surface area contributed by atoms with Crippen molar-refractivity contribution < 1.29 is 52.6 Å². The summed E-state index contributed by atoms with van der Waals surface area (Å²) >= 11 is 1.57. The number of hydrogen-bond acceptors (Lipinski definition) is 16. The number of thiazole rings is 1. The van der Waals surface area contributed by atoms with Gasteiger partial charge in [-0.2, -0.15) is 0 Å². The molecule has 384 valence electrons. The minimum Gasteiger partial charge on any atom is -0.491 e. The third kappa shape index (κ3) is 17.3. The highest BCUT2D eigenvalue weighted by Crippen LogP contribution is 2.30. The van der Waals surface area contributed by atoms with E-state index < -0.39 is 35.4 Å². The molecule has 0 spiro atoms. The lowest BCUT2D eigenvalue weighted by atomic mass is 9.85. The van der Waals surface area contributed by atoms with Crippen LogP contribution in [0.25, 0.3) is 21.2 Å². The zero-order chi connectivity index (χ0) is 50.6. The van der Waals surface area contributed by atoms with Crippen LogP contribution in [0.1, 0.15) is 57.0 Å². The van der Waals surface area contributed by atoms with E-state index in [9.17, 15) is 19.5 Å². The van der Waals surface area contributed by atoms with E-state index >= 15 is 0 Å². The fourth-order valence-corrected chi connectivity index (χ4v) is 8.54. The second-order valence-corrected chi connectivity index (χ2v) is 19.1. The molecular weight excluding hydrogens is 931 g/mol. The predicted octanol–water partition coefficient (Wildman–Crippen LogP) is 5.96. The van der Waals surface area contributed by atoms with Crippen molar-refractivity contribution in [3.8, 4) is 16.2 Å². The molecule has 2 unspecified atom stereocenters. The van der Waals surface area contributed by atoms with Gasteiger partial charge in [0.05, 0.1) is 101 Å². The van der Waals surface area contributed by atoms with Gasteiger partial charge in [-0.15, -0.1) is 11.3 Å². The fourth-order valence-electron chi connectivity index (χ4n) is 7.73. The van der Waals surface area contributed by atoms with Gasteiger partial charge in [0, 0.05) is 54.3 Å². The lowest BCUT2D eigenvalue weighted by Gasteiger charge is -2.35. The number of aryl methyl sites for hydroxylation is 2. The van der Waals surface area contributed by atoms with Crippen molar-refractivity contribution in [2.45, 2.75) is 72.2 Å². The number of aliphatic hydroxyl groups excluding tert-OH is 1. The van der Waals surface area contributed by atoms with E-state index in [2.05, 4.69) is 37.0 Å². The molecule has 0 aliphatic carbocycles. The summed E-state index contributed by atoms with van der Waals surface area (Å²) in [5.41, 5.74) is 5.88. The third-order valence-electron chi connectivity index (χ3n) is 11.6. The van der Waals surface area contributed by atoms with Gasteiger partial charge in [-0.1, -0.05) is 51.1 Å². The molecule has 0 radical (unpaired) electrons. The Hall–Kier alpha value is -5.64. The van der Waals surface area contributed by atoms with Crippen LogP contribution in [0.3, 0.4) is 0 Å². The zero-order valence-corrected chi connectivity index (χ0v) is 42.5. The summed E-state index contributed by atoms with van der Waals surface area (Å²) in [6.07, 6.45) is 4.60. The Balaban J connectivity index is 0.750. The summed E-state index contributed by atoms with van der Waals surface area (Å²) in [7, 11) is 0. The number of benzene rings is 2. The van der Waals surface area contributed by atoms with Gasteiger partial charge in [-0.25, -0.2) is 9.97 Å². The first kappa shape index (κ1) is 54.7. The molecule has 4 atom stereocenters. The van der Waals surface area contributed by atoms with Crippen LogP contribution in [-0.4, -0.2) is 153 Å². The first-order chi connectivity index (χ1) is 34.3. The molecule has 71 heavy (non-hydrogen) atoms. The van der Waals surface area contributed by atoms with E-state index in [0.29, 0.717) is 71.9 Å². The van der Waals surface area contributed by atoms with Crippen LogP contribution in [0.2, 0.25) is 0 Å². The summed E-state index contributed by atoms with van der Waals surface area (Å²) in [6.45, 7) is 15.4. The van der Waals surface area contributed by atoms with Crippen molar-refractivity contribution in [1.82, 2.24) is 30.5 Å². The average molecular weight is 1000 g/mol. The van der Waals surface area contributed by atoms with Crippen molar-refractivity contribution in [3.63, 3.8) is 0 Å². The maximum absolute atomic E-state index is 14.0. The Kier molecular flexibility index (Phi) is 21.4. The first-order valence-corrected chi connectivity index (χ1v) is 24.9. The summed E-state index contributed by atoms with van der Waals surface area (Å²) in [6, 6.07) is 15.6. The molecule has 4 N–H and O–H groups in total. The number of amides is 3. The molecule has 19 heteroatoms. The standard InChI is InChI=1S/C52H69N7O11S/c1-35-30-54-46(57-42-12-11-41-31-53-14-13-40(41)27-42)29-45(35)70-26-25-68-22-21-66-18-17-64-15-16-65-19-20-67-23-24-69-33-47(61)58-49(52(4,5)6)51(63)59-32-43(60)28-44(59)50(62)56-36(2)38-7-9-39(10-8-38)48-37(3)55-34-71-48/h7-14,27,29-31,34,36,43-44,49,60H,15-26,28,32-33H2,1-6H3,(H,54,57)(H,56,62)(H,58,61)/t36?,43-,44+,49?/m1/s1.